The molecule has 0 saturated heterocycles. The molecule has 2 aromatic rings. The van der Waals surface area contributed by atoms with E-state index in [1.807, 2.05) is 12.1 Å². The Hall–Kier alpha value is -3.06. The van der Waals surface area contributed by atoms with Crippen LogP contribution in [0.15, 0.2) is 47.6 Å². The standard InChI is InChI=1S/C21H23N3O4.ClH/c1-2-27-20(25)12-18-9-7-16-11-17(8-10-19(16)28-18)24-21(26)15-5-3-14(4-6-15)13-23-22;/h3-6,8,10-11,13,18H,2,7,9,12,22H2,1H3,(H,24,26);1H. The number of ether oxygens (including phenoxy) is 2. The van der Waals surface area contributed by atoms with Gasteiger partial charge in [0, 0.05) is 11.3 Å². The smallest absolute Gasteiger partial charge is 0.309 e. The lowest BCUT2D eigenvalue weighted by Crippen LogP contribution is -2.26. The molecule has 0 aromatic heterocycles. The van der Waals surface area contributed by atoms with Gasteiger partial charge in [-0.2, -0.15) is 5.10 Å². The molecule has 3 rings (SSSR count). The summed E-state index contributed by atoms with van der Waals surface area (Å²) >= 11 is 0. The highest BCUT2D eigenvalue weighted by atomic mass is 35.5. The summed E-state index contributed by atoms with van der Waals surface area (Å²) < 4.78 is 10.9. The van der Waals surface area contributed by atoms with Crippen LogP contribution in [0.5, 0.6) is 5.75 Å². The van der Waals surface area contributed by atoms with E-state index in [-0.39, 0.29) is 36.8 Å². The van der Waals surface area contributed by atoms with Gasteiger partial charge in [-0.3, -0.25) is 9.59 Å². The summed E-state index contributed by atoms with van der Waals surface area (Å²) in [7, 11) is 0. The fourth-order valence-electron chi connectivity index (χ4n) is 3.08. The zero-order valence-electron chi connectivity index (χ0n) is 16.1. The van der Waals surface area contributed by atoms with E-state index >= 15 is 0 Å². The molecule has 0 fully saturated rings. The SMILES string of the molecule is CCOC(=O)CC1CCc2cc(NC(=O)c3ccc(C=NN)cc3)ccc2O1.Cl. The van der Waals surface area contributed by atoms with Gasteiger partial charge >= 0.3 is 5.97 Å². The minimum Gasteiger partial charge on any atom is -0.490 e. The second-order valence-electron chi connectivity index (χ2n) is 6.46. The Morgan fingerprint density at radius 1 is 1.28 bits per heavy atom. The van der Waals surface area contributed by atoms with E-state index in [0.717, 1.165) is 29.7 Å². The van der Waals surface area contributed by atoms with Crippen molar-refractivity contribution in [3.05, 3.63) is 59.2 Å². The summed E-state index contributed by atoms with van der Waals surface area (Å²) in [5.74, 6) is 5.41. The van der Waals surface area contributed by atoms with Crippen LogP contribution in [-0.2, 0) is 16.0 Å². The van der Waals surface area contributed by atoms with Crippen LogP contribution in [0.4, 0.5) is 5.69 Å². The normalized spacial score (nSPS) is 15.0. The fraction of sp³-hybridized carbons (Fsp3) is 0.286. The van der Waals surface area contributed by atoms with E-state index in [4.69, 9.17) is 15.3 Å². The molecule has 1 heterocycles. The maximum atomic E-state index is 12.4. The van der Waals surface area contributed by atoms with Gasteiger partial charge in [-0.15, -0.1) is 12.4 Å². The molecule has 0 spiro atoms. The number of anilines is 1. The number of aryl methyl sites for hydroxylation is 1. The first-order valence-corrected chi connectivity index (χ1v) is 9.19. The quantitative estimate of drug-likeness (QED) is 0.325. The van der Waals surface area contributed by atoms with Crippen LogP contribution in [0.3, 0.4) is 0 Å². The molecule has 0 aliphatic carbocycles. The lowest BCUT2D eigenvalue weighted by Gasteiger charge is -2.26. The maximum absolute atomic E-state index is 12.4. The van der Waals surface area contributed by atoms with Gasteiger partial charge in [0.15, 0.2) is 0 Å². The average Bonchev–Trinajstić information content (AvgIpc) is 2.69. The third-order valence-electron chi connectivity index (χ3n) is 4.44. The minimum atomic E-state index is -0.247. The summed E-state index contributed by atoms with van der Waals surface area (Å²) in [6, 6.07) is 12.5. The number of esters is 1. The van der Waals surface area contributed by atoms with Gasteiger partial charge in [-0.1, -0.05) is 12.1 Å². The monoisotopic (exact) mass is 417 g/mol. The van der Waals surface area contributed by atoms with E-state index in [9.17, 15) is 9.59 Å². The number of rotatable bonds is 6. The fourth-order valence-corrected chi connectivity index (χ4v) is 3.08. The molecule has 154 valence electrons. The van der Waals surface area contributed by atoms with Crippen LogP contribution < -0.4 is 15.9 Å². The Balaban J connectivity index is 0.00000300. The van der Waals surface area contributed by atoms with Crippen LogP contribution >= 0.6 is 12.4 Å². The Labute approximate surface area is 175 Å². The van der Waals surface area contributed by atoms with Crippen LogP contribution in [0.25, 0.3) is 0 Å². The van der Waals surface area contributed by atoms with Crippen molar-refractivity contribution in [3.63, 3.8) is 0 Å². The first kappa shape index (κ1) is 22.2. The number of fused-ring (bicyclic) bond motifs is 1. The van der Waals surface area contributed by atoms with Crippen molar-refractivity contribution in [1.82, 2.24) is 0 Å². The Morgan fingerprint density at radius 2 is 2.03 bits per heavy atom. The largest absolute Gasteiger partial charge is 0.490 e. The lowest BCUT2D eigenvalue weighted by molar-refractivity contribution is -0.145. The molecule has 3 N–H and O–H groups in total. The highest BCUT2D eigenvalue weighted by molar-refractivity contribution is 6.04. The van der Waals surface area contributed by atoms with Gasteiger partial charge in [0.25, 0.3) is 5.91 Å². The number of hydrazone groups is 1. The average molecular weight is 418 g/mol. The topological polar surface area (TPSA) is 103 Å². The molecule has 0 radical (unpaired) electrons. The van der Waals surface area contributed by atoms with E-state index in [1.165, 1.54) is 6.21 Å². The summed E-state index contributed by atoms with van der Waals surface area (Å²) in [5, 5.41) is 6.35. The Bertz CT molecular complexity index is 884. The summed E-state index contributed by atoms with van der Waals surface area (Å²) in [6.07, 6.45) is 3.09. The Morgan fingerprint density at radius 3 is 2.72 bits per heavy atom. The number of nitrogens with zero attached hydrogens (tertiary/aromatic N) is 1. The van der Waals surface area contributed by atoms with Crippen molar-refractivity contribution < 1.29 is 19.1 Å². The number of carbonyl (C=O) groups excluding carboxylic acids is 2. The number of nitrogens with one attached hydrogen (secondary N) is 1. The zero-order chi connectivity index (χ0) is 19.9. The summed E-state index contributed by atoms with van der Waals surface area (Å²) in [5.41, 5.74) is 3.07. The molecule has 0 saturated carbocycles. The van der Waals surface area contributed by atoms with Crippen molar-refractivity contribution in [2.75, 3.05) is 11.9 Å². The van der Waals surface area contributed by atoms with Crippen molar-refractivity contribution in [3.8, 4) is 5.75 Å². The zero-order valence-corrected chi connectivity index (χ0v) is 16.9. The molecule has 7 nitrogen and oxygen atoms in total. The molecule has 1 aliphatic rings. The molecule has 1 amide bonds. The number of amides is 1. The van der Waals surface area contributed by atoms with Crippen molar-refractivity contribution >= 4 is 36.2 Å². The molecule has 29 heavy (non-hydrogen) atoms. The second-order valence-corrected chi connectivity index (χ2v) is 6.46. The molecule has 2 aromatic carbocycles. The Kier molecular flexibility index (Phi) is 8.03. The van der Waals surface area contributed by atoms with Gasteiger partial charge in [0.1, 0.15) is 11.9 Å². The van der Waals surface area contributed by atoms with E-state index < -0.39 is 0 Å². The van der Waals surface area contributed by atoms with Gasteiger partial charge < -0.3 is 20.6 Å². The number of hydrogen-bond acceptors (Lipinski definition) is 6. The summed E-state index contributed by atoms with van der Waals surface area (Å²) in [6.45, 7) is 2.15. The van der Waals surface area contributed by atoms with Crippen LogP contribution in [-0.4, -0.2) is 30.8 Å². The molecule has 1 unspecified atom stereocenters. The van der Waals surface area contributed by atoms with E-state index in [0.29, 0.717) is 17.9 Å². The van der Waals surface area contributed by atoms with Gasteiger partial charge in [0.2, 0.25) is 0 Å². The maximum Gasteiger partial charge on any atom is 0.309 e. The predicted molar refractivity (Wildman–Crippen MR) is 114 cm³/mol. The molecular weight excluding hydrogens is 394 g/mol. The van der Waals surface area contributed by atoms with Crippen LogP contribution in [0.1, 0.15) is 41.3 Å². The molecular formula is C21H24ClN3O4. The first-order valence-electron chi connectivity index (χ1n) is 9.19. The van der Waals surface area contributed by atoms with Crippen LogP contribution in [0, 0.1) is 0 Å². The highest BCUT2D eigenvalue weighted by Gasteiger charge is 2.23. The number of nitrogens with two attached hydrogens (primary N) is 1. The third kappa shape index (κ3) is 5.96. The van der Waals surface area contributed by atoms with Gasteiger partial charge in [-0.05, 0) is 61.2 Å². The van der Waals surface area contributed by atoms with Crippen molar-refractivity contribution in [2.24, 2.45) is 10.9 Å². The van der Waals surface area contributed by atoms with Crippen molar-refractivity contribution in [1.29, 1.82) is 0 Å². The second kappa shape index (κ2) is 10.5. The number of benzene rings is 2. The highest BCUT2D eigenvalue weighted by Crippen LogP contribution is 2.31. The third-order valence-corrected chi connectivity index (χ3v) is 4.44. The molecule has 1 aliphatic heterocycles. The summed E-state index contributed by atoms with van der Waals surface area (Å²) in [4.78, 5) is 24.1. The van der Waals surface area contributed by atoms with Gasteiger partial charge in [-0.25, -0.2) is 0 Å². The lowest BCUT2D eigenvalue weighted by atomic mass is 10.00. The van der Waals surface area contributed by atoms with Crippen molar-refractivity contribution in [2.45, 2.75) is 32.3 Å². The van der Waals surface area contributed by atoms with Gasteiger partial charge in [0.05, 0.1) is 19.2 Å². The van der Waals surface area contributed by atoms with E-state index in [1.54, 1.807) is 37.3 Å². The number of hydrogen-bond donors (Lipinski definition) is 2. The number of carbonyl (C=O) groups is 2. The molecule has 8 heteroatoms. The first-order chi connectivity index (χ1) is 13.6. The minimum absolute atomic E-state index is 0. The predicted octanol–water partition coefficient (Wildman–Crippen LogP) is 3.30. The molecule has 1 atom stereocenters. The molecule has 0 bridgehead atoms. The van der Waals surface area contributed by atoms with Crippen LogP contribution in [0.2, 0.25) is 0 Å². The van der Waals surface area contributed by atoms with E-state index in [2.05, 4.69) is 10.4 Å². The number of halogens is 1.